The summed E-state index contributed by atoms with van der Waals surface area (Å²) >= 11 is 0. The Morgan fingerprint density at radius 3 is 2.63 bits per heavy atom. The first-order valence-electron chi connectivity index (χ1n) is 5.74. The second-order valence-electron chi connectivity index (χ2n) is 4.14. The lowest BCUT2D eigenvalue weighted by atomic mass is 10.1. The van der Waals surface area contributed by atoms with Crippen LogP contribution in [0.3, 0.4) is 0 Å². The minimum absolute atomic E-state index is 0.331. The molecule has 0 aliphatic rings. The lowest BCUT2D eigenvalue weighted by Gasteiger charge is -2.04. The standard InChI is InChI=1S/C15H10O4/c1-18-14(16)9-6-7-10-11-4-2-3-5-13(11)19-15(17)12(10)8-9/h2-8H,1H3. The summed E-state index contributed by atoms with van der Waals surface area (Å²) in [7, 11) is 1.30. The van der Waals surface area contributed by atoms with E-state index in [1.165, 1.54) is 13.2 Å². The van der Waals surface area contributed by atoms with Crippen molar-refractivity contribution in [1.29, 1.82) is 0 Å². The van der Waals surface area contributed by atoms with Crippen molar-refractivity contribution in [3.8, 4) is 0 Å². The highest BCUT2D eigenvalue weighted by Crippen LogP contribution is 2.23. The zero-order chi connectivity index (χ0) is 13.4. The minimum atomic E-state index is -0.477. The van der Waals surface area contributed by atoms with Crippen molar-refractivity contribution in [3.05, 3.63) is 58.4 Å². The number of benzene rings is 2. The van der Waals surface area contributed by atoms with E-state index in [1.807, 2.05) is 12.1 Å². The molecule has 4 nitrogen and oxygen atoms in total. The van der Waals surface area contributed by atoms with Gasteiger partial charge in [0.25, 0.3) is 0 Å². The fourth-order valence-corrected chi connectivity index (χ4v) is 2.13. The molecule has 0 spiro atoms. The number of esters is 1. The summed E-state index contributed by atoms with van der Waals surface area (Å²) < 4.78 is 9.88. The number of ether oxygens (including phenoxy) is 1. The second-order valence-corrected chi connectivity index (χ2v) is 4.14. The third kappa shape index (κ3) is 1.78. The van der Waals surface area contributed by atoms with Gasteiger partial charge in [-0.05, 0) is 23.6 Å². The van der Waals surface area contributed by atoms with E-state index in [0.29, 0.717) is 16.5 Å². The summed E-state index contributed by atoms with van der Waals surface area (Å²) in [5.41, 5.74) is 0.405. The highest BCUT2D eigenvalue weighted by atomic mass is 16.5. The maximum absolute atomic E-state index is 11.9. The number of carbonyl (C=O) groups excluding carboxylic acids is 1. The molecule has 94 valence electrons. The number of carbonyl (C=O) groups is 1. The predicted molar refractivity (Wildman–Crippen MR) is 71.3 cm³/mol. The summed E-state index contributed by atoms with van der Waals surface area (Å²) in [5.74, 6) is -0.477. The number of para-hydroxylation sites is 1. The Balaban J connectivity index is 2.42. The van der Waals surface area contributed by atoms with Gasteiger partial charge >= 0.3 is 11.6 Å². The Kier molecular flexibility index (Phi) is 2.56. The molecule has 2 aromatic carbocycles. The van der Waals surface area contributed by atoms with E-state index in [0.717, 1.165) is 10.8 Å². The van der Waals surface area contributed by atoms with Crippen molar-refractivity contribution in [2.45, 2.75) is 0 Å². The molecular weight excluding hydrogens is 244 g/mol. The summed E-state index contributed by atoms with van der Waals surface area (Å²) in [5, 5.41) is 1.98. The Morgan fingerprint density at radius 2 is 1.84 bits per heavy atom. The van der Waals surface area contributed by atoms with Gasteiger partial charge in [-0.15, -0.1) is 0 Å². The monoisotopic (exact) mass is 254 g/mol. The molecule has 3 rings (SSSR count). The Labute approximate surface area is 108 Å². The quantitative estimate of drug-likeness (QED) is 0.380. The van der Waals surface area contributed by atoms with Gasteiger partial charge in [-0.3, -0.25) is 0 Å². The molecule has 0 bridgehead atoms. The first kappa shape index (κ1) is 11.5. The smallest absolute Gasteiger partial charge is 0.344 e. The molecule has 0 unspecified atom stereocenters. The van der Waals surface area contributed by atoms with Gasteiger partial charge < -0.3 is 9.15 Å². The van der Waals surface area contributed by atoms with E-state index in [4.69, 9.17) is 4.42 Å². The number of methoxy groups -OCH3 is 1. The molecule has 0 radical (unpaired) electrons. The molecule has 0 aliphatic carbocycles. The van der Waals surface area contributed by atoms with Gasteiger partial charge in [0.15, 0.2) is 0 Å². The van der Waals surface area contributed by atoms with E-state index in [2.05, 4.69) is 4.74 Å². The van der Waals surface area contributed by atoms with Crippen LogP contribution in [0.25, 0.3) is 21.7 Å². The van der Waals surface area contributed by atoms with Gasteiger partial charge in [-0.25, -0.2) is 9.59 Å². The van der Waals surface area contributed by atoms with Crippen LogP contribution in [-0.4, -0.2) is 13.1 Å². The third-order valence-electron chi connectivity index (χ3n) is 3.04. The van der Waals surface area contributed by atoms with Crippen LogP contribution in [-0.2, 0) is 4.74 Å². The van der Waals surface area contributed by atoms with Gasteiger partial charge in [-0.2, -0.15) is 0 Å². The van der Waals surface area contributed by atoms with Crippen LogP contribution in [0.4, 0.5) is 0 Å². The normalized spacial score (nSPS) is 10.8. The first-order valence-corrected chi connectivity index (χ1v) is 5.74. The fourth-order valence-electron chi connectivity index (χ4n) is 2.13. The van der Waals surface area contributed by atoms with Crippen LogP contribution in [0.2, 0.25) is 0 Å². The molecule has 0 saturated carbocycles. The van der Waals surface area contributed by atoms with Crippen LogP contribution < -0.4 is 5.63 Å². The van der Waals surface area contributed by atoms with E-state index < -0.39 is 11.6 Å². The van der Waals surface area contributed by atoms with E-state index in [-0.39, 0.29) is 0 Å². The van der Waals surface area contributed by atoms with Gasteiger partial charge in [0.05, 0.1) is 18.1 Å². The third-order valence-corrected chi connectivity index (χ3v) is 3.04. The molecule has 3 aromatic rings. The van der Waals surface area contributed by atoms with Crippen molar-refractivity contribution in [2.24, 2.45) is 0 Å². The highest BCUT2D eigenvalue weighted by molar-refractivity contribution is 6.06. The molecule has 19 heavy (non-hydrogen) atoms. The summed E-state index contributed by atoms with van der Waals surface area (Å²) in [4.78, 5) is 23.4. The average Bonchev–Trinajstić information content (AvgIpc) is 2.46. The Hall–Kier alpha value is -2.62. The zero-order valence-corrected chi connectivity index (χ0v) is 10.2. The molecule has 0 fully saturated rings. The van der Waals surface area contributed by atoms with Crippen LogP contribution in [0.5, 0.6) is 0 Å². The molecule has 4 heteroatoms. The van der Waals surface area contributed by atoms with Crippen molar-refractivity contribution < 1.29 is 13.9 Å². The van der Waals surface area contributed by atoms with Crippen molar-refractivity contribution in [1.82, 2.24) is 0 Å². The van der Waals surface area contributed by atoms with Crippen LogP contribution in [0.1, 0.15) is 10.4 Å². The number of hydrogen-bond donors (Lipinski definition) is 0. The molecule has 0 amide bonds. The maximum Gasteiger partial charge on any atom is 0.344 e. The van der Waals surface area contributed by atoms with Crippen molar-refractivity contribution >= 4 is 27.7 Å². The molecule has 0 atom stereocenters. The number of hydrogen-bond acceptors (Lipinski definition) is 4. The van der Waals surface area contributed by atoms with Gasteiger partial charge in [0.1, 0.15) is 5.58 Å². The predicted octanol–water partition coefficient (Wildman–Crippen LogP) is 2.73. The number of fused-ring (bicyclic) bond motifs is 3. The highest BCUT2D eigenvalue weighted by Gasteiger charge is 2.11. The molecule has 1 heterocycles. The van der Waals surface area contributed by atoms with E-state index in [9.17, 15) is 9.59 Å². The SMILES string of the molecule is COC(=O)c1ccc2c(c1)c(=O)oc1ccccc12. The minimum Gasteiger partial charge on any atom is -0.465 e. The van der Waals surface area contributed by atoms with Crippen LogP contribution >= 0.6 is 0 Å². The summed E-state index contributed by atoms with van der Waals surface area (Å²) in [6, 6.07) is 12.2. The second kappa shape index (κ2) is 4.24. The zero-order valence-electron chi connectivity index (χ0n) is 10.2. The molecular formula is C15H10O4. The van der Waals surface area contributed by atoms with Crippen molar-refractivity contribution in [2.75, 3.05) is 7.11 Å². The summed E-state index contributed by atoms with van der Waals surface area (Å²) in [6.07, 6.45) is 0. The maximum atomic E-state index is 11.9. The summed E-state index contributed by atoms with van der Waals surface area (Å²) in [6.45, 7) is 0. The van der Waals surface area contributed by atoms with Crippen LogP contribution in [0.15, 0.2) is 51.7 Å². The first-order chi connectivity index (χ1) is 9.20. The topological polar surface area (TPSA) is 56.5 Å². The Bertz CT molecular complexity index is 846. The molecule has 1 aromatic heterocycles. The Morgan fingerprint density at radius 1 is 1.05 bits per heavy atom. The molecule has 0 aliphatic heterocycles. The lowest BCUT2D eigenvalue weighted by molar-refractivity contribution is 0.0601. The largest absolute Gasteiger partial charge is 0.465 e. The fraction of sp³-hybridized carbons (Fsp3) is 0.0667. The van der Waals surface area contributed by atoms with Gasteiger partial charge in [-0.1, -0.05) is 24.3 Å². The van der Waals surface area contributed by atoms with Gasteiger partial charge in [0.2, 0.25) is 0 Å². The van der Waals surface area contributed by atoms with Crippen LogP contribution in [0, 0.1) is 0 Å². The lowest BCUT2D eigenvalue weighted by Crippen LogP contribution is -2.05. The average molecular weight is 254 g/mol. The van der Waals surface area contributed by atoms with Gasteiger partial charge in [0, 0.05) is 5.39 Å². The molecule has 0 saturated heterocycles. The number of rotatable bonds is 1. The van der Waals surface area contributed by atoms with E-state index in [1.54, 1.807) is 24.3 Å². The molecule has 0 N–H and O–H groups in total. The van der Waals surface area contributed by atoms with Crippen molar-refractivity contribution in [3.63, 3.8) is 0 Å². The van der Waals surface area contributed by atoms with E-state index >= 15 is 0 Å².